The third-order valence-corrected chi connectivity index (χ3v) is 3.37. The zero-order valence-electron chi connectivity index (χ0n) is 9.16. The molecule has 0 fully saturated rings. The fourth-order valence-electron chi connectivity index (χ4n) is 2.35. The molecule has 0 N–H and O–H groups in total. The molecule has 3 rings (SSSR count). The van der Waals surface area contributed by atoms with Crippen molar-refractivity contribution in [3.63, 3.8) is 0 Å². The maximum absolute atomic E-state index is 6.15. The highest BCUT2D eigenvalue weighted by Crippen LogP contribution is 2.32. The summed E-state index contributed by atoms with van der Waals surface area (Å²) in [5.41, 5.74) is 3.48. The number of aromatic nitrogens is 2. The first-order chi connectivity index (χ1) is 7.70. The summed E-state index contributed by atoms with van der Waals surface area (Å²) in [6.07, 6.45) is 1.76. The van der Waals surface area contributed by atoms with Gasteiger partial charge in [-0.25, -0.2) is 4.98 Å². The van der Waals surface area contributed by atoms with Crippen molar-refractivity contribution in [3.05, 3.63) is 41.2 Å². The third kappa shape index (κ3) is 1.11. The van der Waals surface area contributed by atoms with Crippen LogP contribution in [0.15, 0.2) is 30.5 Å². The molecular formula is C13H11ClN2. The average molecular weight is 231 g/mol. The Morgan fingerprint density at radius 2 is 2.06 bits per heavy atom. The van der Waals surface area contributed by atoms with Crippen LogP contribution in [0.3, 0.4) is 0 Å². The molecule has 16 heavy (non-hydrogen) atoms. The van der Waals surface area contributed by atoms with E-state index in [-0.39, 0.29) is 0 Å². The monoisotopic (exact) mass is 230 g/mol. The second-order valence-electron chi connectivity index (χ2n) is 4.03. The number of hydrogen-bond donors (Lipinski definition) is 0. The summed E-state index contributed by atoms with van der Waals surface area (Å²) in [7, 11) is 2.03. The number of halogens is 1. The van der Waals surface area contributed by atoms with Crippen LogP contribution in [0.2, 0.25) is 5.15 Å². The Balaban J connectivity index is 2.71. The van der Waals surface area contributed by atoms with Gasteiger partial charge in [0.15, 0.2) is 5.15 Å². The van der Waals surface area contributed by atoms with Gasteiger partial charge < -0.3 is 4.57 Å². The van der Waals surface area contributed by atoms with Crippen LogP contribution in [0.4, 0.5) is 0 Å². The van der Waals surface area contributed by atoms with Gasteiger partial charge in [-0.1, -0.05) is 23.7 Å². The van der Waals surface area contributed by atoms with Crippen molar-refractivity contribution in [2.45, 2.75) is 6.92 Å². The van der Waals surface area contributed by atoms with E-state index in [0.717, 1.165) is 5.52 Å². The Kier molecular flexibility index (Phi) is 1.95. The first-order valence-corrected chi connectivity index (χ1v) is 5.56. The van der Waals surface area contributed by atoms with Crippen LogP contribution < -0.4 is 0 Å². The molecule has 0 aliphatic carbocycles. The largest absolute Gasteiger partial charge is 0.341 e. The molecule has 0 aliphatic heterocycles. The number of nitrogens with zero attached hydrogens (tertiary/aromatic N) is 2. The van der Waals surface area contributed by atoms with Crippen LogP contribution >= 0.6 is 11.6 Å². The minimum atomic E-state index is 0.565. The Bertz CT molecular complexity index is 698. The quantitative estimate of drug-likeness (QED) is 0.539. The fraction of sp³-hybridized carbons (Fsp3) is 0.154. The number of fused-ring (bicyclic) bond motifs is 3. The Morgan fingerprint density at radius 3 is 2.88 bits per heavy atom. The van der Waals surface area contributed by atoms with E-state index < -0.39 is 0 Å². The Hall–Kier alpha value is -1.54. The fourth-order valence-corrected chi connectivity index (χ4v) is 2.64. The summed E-state index contributed by atoms with van der Waals surface area (Å²) in [6, 6.07) is 8.32. The van der Waals surface area contributed by atoms with Crippen molar-refractivity contribution in [2.24, 2.45) is 7.05 Å². The highest BCUT2D eigenvalue weighted by atomic mass is 35.5. The number of rotatable bonds is 0. The zero-order valence-corrected chi connectivity index (χ0v) is 9.92. The van der Waals surface area contributed by atoms with E-state index in [1.165, 1.54) is 21.9 Å². The molecule has 80 valence electrons. The number of aryl methyl sites for hydroxylation is 2. The van der Waals surface area contributed by atoms with Crippen LogP contribution in [0.5, 0.6) is 0 Å². The molecule has 2 aromatic heterocycles. The van der Waals surface area contributed by atoms with Crippen LogP contribution in [-0.2, 0) is 7.05 Å². The van der Waals surface area contributed by atoms with Gasteiger partial charge in [0.05, 0.1) is 5.52 Å². The van der Waals surface area contributed by atoms with Gasteiger partial charge >= 0.3 is 0 Å². The molecule has 0 amide bonds. The maximum Gasteiger partial charge on any atom is 0.153 e. The van der Waals surface area contributed by atoms with Gasteiger partial charge in [-0.3, -0.25) is 0 Å². The summed E-state index contributed by atoms with van der Waals surface area (Å²) < 4.78 is 2.10. The smallest absolute Gasteiger partial charge is 0.153 e. The Labute approximate surface area is 98.5 Å². The van der Waals surface area contributed by atoms with Gasteiger partial charge in [0.1, 0.15) is 0 Å². The summed E-state index contributed by atoms with van der Waals surface area (Å²) in [4.78, 5) is 4.14. The lowest BCUT2D eigenvalue weighted by molar-refractivity contribution is 1.01. The molecule has 0 bridgehead atoms. The van der Waals surface area contributed by atoms with E-state index in [1.54, 1.807) is 6.20 Å². The first-order valence-electron chi connectivity index (χ1n) is 5.18. The molecular weight excluding hydrogens is 220 g/mol. The van der Waals surface area contributed by atoms with Crippen molar-refractivity contribution >= 4 is 33.4 Å². The van der Waals surface area contributed by atoms with Gasteiger partial charge in [-0.2, -0.15) is 0 Å². The summed E-state index contributed by atoms with van der Waals surface area (Å²) in [5, 5.41) is 3.01. The van der Waals surface area contributed by atoms with Gasteiger partial charge in [0.25, 0.3) is 0 Å². The van der Waals surface area contributed by atoms with Crippen LogP contribution in [0, 0.1) is 6.92 Å². The lowest BCUT2D eigenvalue weighted by Gasteiger charge is -1.98. The lowest BCUT2D eigenvalue weighted by atomic mass is 10.1. The third-order valence-electron chi connectivity index (χ3n) is 3.10. The molecule has 3 aromatic rings. The lowest BCUT2D eigenvalue weighted by Crippen LogP contribution is -1.88. The predicted octanol–water partition coefficient (Wildman–Crippen LogP) is 3.69. The van der Waals surface area contributed by atoms with E-state index in [0.29, 0.717) is 5.15 Å². The topological polar surface area (TPSA) is 17.8 Å². The van der Waals surface area contributed by atoms with Crippen molar-refractivity contribution in [3.8, 4) is 0 Å². The highest BCUT2D eigenvalue weighted by molar-refractivity contribution is 6.35. The van der Waals surface area contributed by atoms with Crippen LogP contribution in [0.25, 0.3) is 21.8 Å². The van der Waals surface area contributed by atoms with Crippen molar-refractivity contribution in [2.75, 3.05) is 0 Å². The normalized spacial score (nSPS) is 11.4. The van der Waals surface area contributed by atoms with Gasteiger partial charge in [0, 0.05) is 29.5 Å². The minimum Gasteiger partial charge on any atom is -0.341 e. The summed E-state index contributed by atoms with van der Waals surface area (Å²) >= 11 is 6.15. The SMILES string of the molecule is Cc1cccc2c1c1ccnc(Cl)c1n2C. The second-order valence-corrected chi connectivity index (χ2v) is 4.38. The maximum atomic E-state index is 6.15. The minimum absolute atomic E-state index is 0.565. The molecule has 3 heteroatoms. The van der Waals surface area contributed by atoms with Crippen LogP contribution in [-0.4, -0.2) is 9.55 Å². The predicted molar refractivity (Wildman–Crippen MR) is 68.0 cm³/mol. The number of hydrogen-bond acceptors (Lipinski definition) is 1. The molecule has 0 aliphatic rings. The number of benzene rings is 1. The first kappa shape index (κ1) is 9.67. The van der Waals surface area contributed by atoms with E-state index in [1.807, 2.05) is 13.1 Å². The van der Waals surface area contributed by atoms with Crippen molar-refractivity contribution in [1.29, 1.82) is 0 Å². The van der Waals surface area contributed by atoms with E-state index >= 15 is 0 Å². The number of pyridine rings is 1. The molecule has 0 saturated heterocycles. The van der Waals surface area contributed by atoms with E-state index in [9.17, 15) is 0 Å². The van der Waals surface area contributed by atoms with Gasteiger partial charge in [-0.05, 0) is 24.6 Å². The molecule has 0 atom stereocenters. The highest BCUT2D eigenvalue weighted by Gasteiger charge is 2.12. The molecule has 0 unspecified atom stereocenters. The second kappa shape index (κ2) is 3.22. The molecule has 2 heterocycles. The molecule has 0 spiro atoms. The molecule has 1 aromatic carbocycles. The summed E-state index contributed by atoms with van der Waals surface area (Å²) in [6.45, 7) is 2.12. The molecule has 0 saturated carbocycles. The molecule has 2 nitrogen and oxygen atoms in total. The average Bonchev–Trinajstić information content (AvgIpc) is 2.56. The van der Waals surface area contributed by atoms with Crippen LogP contribution in [0.1, 0.15) is 5.56 Å². The van der Waals surface area contributed by atoms with Crippen molar-refractivity contribution in [1.82, 2.24) is 9.55 Å². The standard InChI is InChI=1S/C13H11ClN2/c1-8-4-3-5-10-11(8)9-6-7-15-13(14)12(9)16(10)2/h3-7H,1-2H3. The van der Waals surface area contributed by atoms with E-state index in [2.05, 4.69) is 34.7 Å². The summed E-state index contributed by atoms with van der Waals surface area (Å²) in [5.74, 6) is 0. The van der Waals surface area contributed by atoms with Gasteiger partial charge in [0.2, 0.25) is 0 Å². The van der Waals surface area contributed by atoms with Crippen molar-refractivity contribution < 1.29 is 0 Å². The molecule has 0 radical (unpaired) electrons. The zero-order chi connectivity index (χ0) is 11.3. The van der Waals surface area contributed by atoms with E-state index in [4.69, 9.17) is 11.6 Å². The van der Waals surface area contributed by atoms with Gasteiger partial charge in [-0.15, -0.1) is 0 Å². The Morgan fingerprint density at radius 1 is 1.25 bits per heavy atom.